The van der Waals surface area contributed by atoms with Crippen molar-refractivity contribution in [2.45, 2.75) is 0 Å². The molecule has 0 aromatic heterocycles. The van der Waals surface area contributed by atoms with E-state index in [0.717, 1.165) is 0 Å². The average molecular weight is 433 g/mol. The number of amides is 6. The van der Waals surface area contributed by atoms with Crippen molar-refractivity contribution in [1.82, 2.24) is 16.0 Å². The van der Waals surface area contributed by atoms with Crippen LogP contribution >= 0.6 is 21.6 Å². The van der Waals surface area contributed by atoms with Crippen molar-refractivity contribution in [2.24, 2.45) is 0 Å². The maximum Gasteiger partial charge on any atom is 0.325 e. The summed E-state index contributed by atoms with van der Waals surface area (Å²) in [5.41, 5.74) is 0.991. The first-order chi connectivity index (χ1) is 14.0. The third-order valence-corrected chi connectivity index (χ3v) is 5.56. The van der Waals surface area contributed by atoms with E-state index in [0.29, 0.717) is 23.5 Å². The third kappa shape index (κ3) is 9.17. The van der Waals surface area contributed by atoms with Gasteiger partial charge < -0.3 is 10.6 Å². The second-order valence-corrected chi connectivity index (χ2v) is 8.11. The highest BCUT2D eigenvalue weighted by atomic mass is 33.1. The fourth-order valence-corrected chi connectivity index (χ4v) is 3.76. The summed E-state index contributed by atoms with van der Waals surface area (Å²) in [5, 5.41) is 9.58. The van der Waals surface area contributed by atoms with Crippen LogP contribution in [-0.4, -0.2) is 41.9 Å². The molecule has 0 saturated carbocycles. The molecule has 8 nitrogen and oxygen atoms in total. The van der Waals surface area contributed by atoms with Gasteiger partial charge in [0.05, 0.1) is 5.75 Å². The van der Waals surface area contributed by atoms with Gasteiger partial charge in [0, 0.05) is 23.5 Å². The SMILES string of the molecule is O=C(CSSCCNC(=O)NC(=O)c1ccccc1)NC(=O)Nc1ccccc1. The number of benzene rings is 2. The molecule has 10 heteroatoms. The van der Waals surface area contributed by atoms with Gasteiger partial charge in [-0.2, -0.15) is 0 Å². The van der Waals surface area contributed by atoms with Gasteiger partial charge in [0.15, 0.2) is 0 Å². The molecule has 152 valence electrons. The van der Waals surface area contributed by atoms with Gasteiger partial charge in [-0.1, -0.05) is 58.0 Å². The molecule has 0 unspecified atom stereocenters. The van der Waals surface area contributed by atoms with E-state index in [2.05, 4.69) is 21.3 Å². The zero-order valence-corrected chi connectivity index (χ0v) is 17.0. The molecular formula is C19H20N4O4S2. The molecule has 29 heavy (non-hydrogen) atoms. The molecule has 0 radical (unpaired) electrons. The molecule has 4 N–H and O–H groups in total. The first kappa shape index (κ1) is 22.3. The minimum Gasteiger partial charge on any atom is -0.337 e. The maximum absolute atomic E-state index is 11.8. The Kier molecular flexibility index (Phi) is 9.60. The van der Waals surface area contributed by atoms with Crippen LogP contribution in [0.2, 0.25) is 0 Å². The van der Waals surface area contributed by atoms with Crippen LogP contribution in [0.4, 0.5) is 15.3 Å². The van der Waals surface area contributed by atoms with Gasteiger partial charge in [-0.3, -0.25) is 20.2 Å². The van der Waals surface area contributed by atoms with E-state index in [4.69, 9.17) is 0 Å². The van der Waals surface area contributed by atoms with Crippen LogP contribution in [0, 0.1) is 0 Å². The zero-order chi connectivity index (χ0) is 20.9. The summed E-state index contributed by atoms with van der Waals surface area (Å²) < 4.78 is 0. The van der Waals surface area contributed by atoms with Crippen molar-refractivity contribution >= 4 is 51.2 Å². The van der Waals surface area contributed by atoms with Crippen LogP contribution in [0.1, 0.15) is 10.4 Å². The highest BCUT2D eigenvalue weighted by Crippen LogP contribution is 2.19. The summed E-state index contributed by atoms with van der Waals surface area (Å²) in [5.74, 6) is -0.280. The lowest BCUT2D eigenvalue weighted by molar-refractivity contribution is -0.117. The predicted molar refractivity (Wildman–Crippen MR) is 116 cm³/mol. The first-order valence-electron chi connectivity index (χ1n) is 8.59. The maximum atomic E-state index is 11.8. The molecule has 0 atom stereocenters. The Morgan fingerprint density at radius 3 is 2.10 bits per heavy atom. The molecule has 6 amide bonds. The van der Waals surface area contributed by atoms with E-state index in [1.807, 2.05) is 6.07 Å². The van der Waals surface area contributed by atoms with E-state index in [-0.39, 0.29) is 5.75 Å². The molecule has 0 aliphatic carbocycles. The topological polar surface area (TPSA) is 116 Å². The Morgan fingerprint density at radius 2 is 1.41 bits per heavy atom. The number of anilines is 1. The number of para-hydroxylation sites is 1. The minimum atomic E-state index is -0.590. The van der Waals surface area contributed by atoms with E-state index in [9.17, 15) is 19.2 Å². The van der Waals surface area contributed by atoms with E-state index < -0.39 is 23.9 Å². The molecule has 0 aliphatic heterocycles. The van der Waals surface area contributed by atoms with Crippen molar-refractivity contribution in [2.75, 3.05) is 23.4 Å². The number of carbonyl (C=O) groups is 4. The minimum absolute atomic E-state index is 0.0889. The number of hydrogen-bond donors (Lipinski definition) is 4. The molecule has 2 aromatic carbocycles. The second kappa shape index (κ2) is 12.5. The molecule has 0 spiro atoms. The number of urea groups is 2. The van der Waals surface area contributed by atoms with Crippen LogP contribution in [0.5, 0.6) is 0 Å². The summed E-state index contributed by atoms with van der Waals surface area (Å²) >= 11 is 0. The lowest BCUT2D eigenvalue weighted by atomic mass is 10.2. The number of rotatable bonds is 8. The normalized spacial score (nSPS) is 9.93. The fourth-order valence-electron chi connectivity index (χ4n) is 2.02. The second-order valence-electron chi connectivity index (χ2n) is 5.53. The largest absolute Gasteiger partial charge is 0.337 e. The van der Waals surface area contributed by atoms with E-state index >= 15 is 0 Å². The van der Waals surface area contributed by atoms with Gasteiger partial charge >= 0.3 is 12.1 Å². The van der Waals surface area contributed by atoms with Crippen LogP contribution in [0.25, 0.3) is 0 Å². The van der Waals surface area contributed by atoms with Gasteiger partial charge in [0.2, 0.25) is 5.91 Å². The molecular weight excluding hydrogens is 412 g/mol. The van der Waals surface area contributed by atoms with Crippen LogP contribution in [-0.2, 0) is 4.79 Å². The fraction of sp³-hybridized carbons (Fsp3) is 0.158. The molecule has 0 heterocycles. The molecule has 0 fully saturated rings. The Balaban J connectivity index is 1.52. The van der Waals surface area contributed by atoms with Crippen molar-refractivity contribution in [3.63, 3.8) is 0 Å². The Bertz CT molecular complexity index is 835. The van der Waals surface area contributed by atoms with Gasteiger partial charge in [-0.15, -0.1) is 0 Å². The molecule has 0 saturated heterocycles. The van der Waals surface area contributed by atoms with Gasteiger partial charge in [0.1, 0.15) is 0 Å². The third-order valence-electron chi connectivity index (χ3n) is 3.29. The predicted octanol–water partition coefficient (Wildman–Crippen LogP) is 2.86. The number of hydrogen-bond acceptors (Lipinski definition) is 6. The molecule has 2 rings (SSSR count). The van der Waals surface area contributed by atoms with Gasteiger partial charge in [0.25, 0.3) is 5.91 Å². The summed E-state index contributed by atoms with van der Waals surface area (Å²) in [7, 11) is 2.62. The molecule has 0 bridgehead atoms. The Labute approximate surface area is 176 Å². The van der Waals surface area contributed by atoms with Crippen LogP contribution < -0.4 is 21.3 Å². The van der Waals surface area contributed by atoms with Gasteiger partial charge in [-0.05, 0) is 24.3 Å². The van der Waals surface area contributed by atoms with E-state index in [1.54, 1.807) is 54.6 Å². The molecule has 2 aromatic rings. The lowest BCUT2D eigenvalue weighted by Crippen LogP contribution is -2.40. The van der Waals surface area contributed by atoms with Crippen molar-refractivity contribution in [3.8, 4) is 0 Å². The van der Waals surface area contributed by atoms with E-state index in [1.165, 1.54) is 21.6 Å². The quantitative estimate of drug-likeness (QED) is 0.377. The number of nitrogens with one attached hydrogen (secondary N) is 4. The monoisotopic (exact) mass is 432 g/mol. The first-order valence-corrected chi connectivity index (χ1v) is 11.1. The summed E-state index contributed by atoms with van der Waals surface area (Å²) in [6.45, 7) is 0.321. The highest BCUT2D eigenvalue weighted by molar-refractivity contribution is 8.76. The standard InChI is InChI=1S/C19H20N4O4S2/c24-16(22-19(27)21-15-9-5-2-6-10-15)13-29-28-12-11-20-18(26)23-17(25)14-7-3-1-4-8-14/h1-10H,11-13H2,(H2,20,23,25,26)(H2,21,22,24,27). The van der Waals surface area contributed by atoms with Crippen LogP contribution in [0.15, 0.2) is 60.7 Å². The zero-order valence-electron chi connectivity index (χ0n) is 15.3. The summed E-state index contributed by atoms with van der Waals surface area (Å²) in [6.07, 6.45) is 0. The number of imide groups is 2. The lowest BCUT2D eigenvalue weighted by Gasteiger charge is -2.07. The van der Waals surface area contributed by atoms with Crippen molar-refractivity contribution < 1.29 is 19.2 Å². The average Bonchev–Trinajstić information content (AvgIpc) is 2.71. The molecule has 0 aliphatic rings. The summed E-state index contributed by atoms with van der Waals surface area (Å²) in [4.78, 5) is 46.9. The van der Waals surface area contributed by atoms with Crippen molar-refractivity contribution in [1.29, 1.82) is 0 Å². The van der Waals surface area contributed by atoms with Crippen LogP contribution in [0.3, 0.4) is 0 Å². The Hall–Kier alpha value is -2.98. The number of carbonyl (C=O) groups excluding carboxylic acids is 4. The Morgan fingerprint density at radius 1 is 0.759 bits per heavy atom. The highest BCUT2D eigenvalue weighted by Gasteiger charge is 2.10. The van der Waals surface area contributed by atoms with Gasteiger partial charge in [-0.25, -0.2) is 9.59 Å². The smallest absolute Gasteiger partial charge is 0.325 e. The summed E-state index contributed by atoms with van der Waals surface area (Å²) in [6, 6.07) is 16.0. The van der Waals surface area contributed by atoms with Crippen molar-refractivity contribution in [3.05, 3.63) is 66.2 Å².